The van der Waals surface area contributed by atoms with Crippen molar-refractivity contribution in [2.24, 2.45) is 0 Å². The van der Waals surface area contributed by atoms with Gasteiger partial charge >= 0.3 is 0 Å². The van der Waals surface area contributed by atoms with Crippen molar-refractivity contribution >= 4 is 27.5 Å². The Hall–Kier alpha value is -1.10. The van der Waals surface area contributed by atoms with Crippen molar-refractivity contribution in [1.82, 2.24) is 4.98 Å². The summed E-state index contributed by atoms with van der Waals surface area (Å²) >= 11 is 3.25. The fourth-order valence-corrected chi connectivity index (χ4v) is 1.20. The zero-order valence-corrected chi connectivity index (χ0v) is 8.88. The molecule has 1 aromatic heterocycles. The SMILES string of the molecule is COc1ncc(Br)cc1NC(C)=O. The van der Waals surface area contributed by atoms with Gasteiger partial charge in [0.15, 0.2) is 0 Å². The van der Waals surface area contributed by atoms with Crippen LogP contribution >= 0.6 is 15.9 Å². The quantitative estimate of drug-likeness (QED) is 0.864. The van der Waals surface area contributed by atoms with Gasteiger partial charge in [-0.2, -0.15) is 0 Å². The van der Waals surface area contributed by atoms with E-state index in [4.69, 9.17) is 4.74 Å². The first-order valence-corrected chi connectivity index (χ1v) is 4.40. The molecule has 0 atom stereocenters. The number of hydrogen-bond donors (Lipinski definition) is 1. The standard InChI is InChI=1S/C8H9BrN2O2/c1-5(12)11-7-3-6(9)4-10-8(7)13-2/h3-4H,1-2H3,(H,11,12). The topological polar surface area (TPSA) is 51.2 Å². The van der Waals surface area contributed by atoms with Crippen molar-refractivity contribution in [3.8, 4) is 5.88 Å². The Kier molecular flexibility index (Phi) is 3.25. The van der Waals surface area contributed by atoms with Gasteiger partial charge in [-0.3, -0.25) is 4.79 Å². The highest BCUT2D eigenvalue weighted by Gasteiger charge is 2.05. The van der Waals surface area contributed by atoms with Crippen molar-refractivity contribution in [3.05, 3.63) is 16.7 Å². The number of amides is 1. The van der Waals surface area contributed by atoms with Gasteiger partial charge in [-0.25, -0.2) is 4.98 Å². The van der Waals surface area contributed by atoms with Crippen molar-refractivity contribution in [3.63, 3.8) is 0 Å². The third-order valence-corrected chi connectivity index (χ3v) is 1.76. The normalized spacial score (nSPS) is 9.46. The van der Waals surface area contributed by atoms with Gasteiger partial charge < -0.3 is 10.1 Å². The zero-order valence-electron chi connectivity index (χ0n) is 7.30. The molecule has 1 amide bonds. The lowest BCUT2D eigenvalue weighted by atomic mass is 10.4. The van der Waals surface area contributed by atoms with E-state index in [1.165, 1.54) is 14.0 Å². The molecule has 4 nitrogen and oxygen atoms in total. The van der Waals surface area contributed by atoms with E-state index in [0.717, 1.165) is 4.47 Å². The predicted molar refractivity (Wildman–Crippen MR) is 52.8 cm³/mol. The Morgan fingerprint density at radius 1 is 1.69 bits per heavy atom. The van der Waals surface area contributed by atoms with Gasteiger partial charge in [0.2, 0.25) is 11.8 Å². The van der Waals surface area contributed by atoms with E-state index in [1.807, 2.05) is 0 Å². The smallest absolute Gasteiger partial charge is 0.237 e. The van der Waals surface area contributed by atoms with Crippen LogP contribution in [0.5, 0.6) is 5.88 Å². The van der Waals surface area contributed by atoms with Crippen LogP contribution in [-0.2, 0) is 4.79 Å². The molecule has 0 bridgehead atoms. The molecule has 0 radical (unpaired) electrons. The molecule has 0 saturated carbocycles. The second kappa shape index (κ2) is 4.23. The molecule has 5 heteroatoms. The third-order valence-electron chi connectivity index (χ3n) is 1.32. The van der Waals surface area contributed by atoms with Crippen LogP contribution in [0, 0.1) is 0 Å². The maximum Gasteiger partial charge on any atom is 0.237 e. The van der Waals surface area contributed by atoms with E-state index in [0.29, 0.717) is 11.6 Å². The van der Waals surface area contributed by atoms with Crippen LogP contribution in [-0.4, -0.2) is 18.0 Å². The summed E-state index contributed by atoms with van der Waals surface area (Å²) < 4.78 is 5.74. The lowest BCUT2D eigenvalue weighted by molar-refractivity contribution is -0.114. The summed E-state index contributed by atoms with van der Waals surface area (Å²) in [6.07, 6.45) is 1.60. The second-order valence-electron chi connectivity index (χ2n) is 2.39. The van der Waals surface area contributed by atoms with Gasteiger partial charge in [0, 0.05) is 17.6 Å². The Morgan fingerprint density at radius 3 is 2.92 bits per heavy atom. The Bertz CT molecular complexity index is 328. The van der Waals surface area contributed by atoms with Gasteiger partial charge in [-0.1, -0.05) is 0 Å². The summed E-state index contributed by atoms with van der Waals surface area (Å²) in [6.45, 7) is 1.43. The highest BCUT2D eigenvalue weighted by molar-refractivity contribution is 9.10. The monoisotopic (exact) mass is 244 g/mol. The Labute approximate surface area is 84.4 Å². The molecule has 0 spiro atoms. The molecule has 1 rings (SSSR count). The van der Waals surface area contributed by atoms with Gasteiger partial charge in [-0.15, -0.1) is 0 Å². The van der Waals surface area contributed by atoms with E-state index in [1.54, 1.807) is 12.3 Å². The minimum Gasteiger partial charge on any atom is -0.480 e. The zero-order chi connectivity index (χ0) is 9.84. The number of anilines is 1. The molecule has 0 aliphatic heterocycles. The van der Waals surface area contributed by atoms with E-state index in [2.05, 4.69) is 26.2 Å². The lowest BCUT2D eigenvalue weighted by Crippen LogP contribution is -2.07. The predicted octanol–water partition coefficient (Wildman–Crippen LogP) is 1.81. The maximum absolute atomic E-state index is 10.8. The van der Waals surface area contributed by atoms with Gasteiger partial charge in [0.1, 0.15) is 5.69 Å². The fourth-order valence-electron chi connectivity index (χ4n) is 0.869. The Morgan fingerprint density at radius 2 is 2.38 bits per heavy atom. The van der Waals surface area contributed by atoms with Gasteiger partial charge in [-0.05, 0) is 22.0 Å². The highest BCUT2D eigenvalue weighted by atomic mass is 79.9. The van der Waals surface area contributed by atoms with E-state index < -0.39 is 0 Å². The van der Waals surface area contributed by atoms with Crippen LogP contribution in [0.1, 0.15) is 6.92 Å². The van der Waals surface area contributed by atoms with Crippen LogP contribution in [0.4, 0.5) is 5.69 Å². The average Bonchev–Trinajstić information content (AvgIpc) is 2.03. The van der Waals surface area contributed by atoms with E-state index >= 15 is 0 Å². The third kappa shape index (κ3) is 2.69. The number of pyridine rings is 1. The number of halogens is 1. The van der Waals surface area contributed by atoms with Crippen molar-refractivity contribution in [2.75, 3.05) is 12.4 Å². The highest BCUT2D eigenvalue weighted by Crippen LogP contribution is 2.24. The minimum absolute atomic E-state index is 0.154. The number of rotatable bonds is 2. The summed E-state index contributed by atoms with van der Waals surface area (Å²) in [5.74, 6) is 0.247. The molecule has 0 aromatic carbocycles. The number of nitrogens with one attached hydrogen (secondary N) is 1. The van der Waals surface area contributed by atoms with Crippen LogP contribution < -0.4 is 10.1 Å². The van der Waals surface area contributed by atoms with Crippen molar-refractivity contribution in [1.29, 1.82) is 0 Å². The molecule has 1 N–H and O–H groups in total. The molecule has 13 heavy (non-hydrogen) atoms. The molecule has 1 heterocycles. The summed E-state index contributed by atoms with van der Waals surface area (Å²) in [5.41, 5.74) is 0.560. The van der Waals surface area contributed by atoms with Gasteiger partial charge in [0.25, 0.3) is 0 Å². The molecular formula is C8H9BrN2O2. The maximum atomic E-state index is 10.8. The van der Waals surface area contributed by atoms with Gasteiger partial charge in [0.05, 0.1) is 7.11 Å². The Balaban J connectivity index is 3.01. The molecule has 0 fully saturated rings. The number of nitrogens with zero attached hydrogens (tertiary/aromatic N) is 1. The molecular weight excluding hydrogens is 236 g/mol. The molecule has 0 aliphatic carbocycles. The number of carbonyl (C=O) groups excluding carboxylic acids is 1. The molecule has 1 aromatic rings. The van der Waals surface area contributed by atoms with Crippen LogP contribution in [0.25, 0.3) is 0 Å². The first-order valence-electron chi connectivity index (χ1n) is 3.60. The van der Waals surface area contributed by atoms with Crippen molar-refractivity contribution in [2.45, 2.75) is 6.92 Å². The van der Waals surface area contributed by atoms with E-state index in [9.17, 15) is 4.79 Å². The summed E-state index contributed by atoms with van der Waals surface area (Å²) in [5, 5.41) is 2.61. The van der Waals surface area contributed by atoms with Crippen molar-refractivity contribution < 1.29 is 9.53 Å². The van der Waals surface area contributed by atoms with E-state index in [-0.39, 0.29) is 5.91 Å². The minimum atomic E-state index is -0.154. The fraction of sp³-hybridized carbons (Fsp3) is 0.250. The van der Waals surface area contributed by atoms with Crippen LogP contribution in [0.15, 0.2) is 16.7 Å². The largest absolute Gasteiger partial charge is 0.480 e. The lowest BCUT2D eigenvalue weighted by Gasteiger charge is -2.07. The summed E-state index contributed by atoms with van der Waals surface area (Å²) in [7, 11) is 1.50. The number of methoxy groups -OCH3 is 1. The molecule has 0 saturated heterocycles. The average molecular weight is 245 g/mol. The second-order valence-corrected chi connectivity index (χ2v) is 3.31. The van der Waals surface area contributed by atoms with Crippen LogP contribution in [0.2, 0.25) is 0 Å². The van der Waals surface area contributed by atoms with Crippen LogP contribution in [0.3, 0.4) is 0 Å². The molecule has 0 aliphatic rings. The number of aromatic nitrogens is 1. The molecule has 70 valence electrons. The number of hydrogen-bond acceptors (Lipinski definition) is 3. The number of carbonyl (C=O) groups is 1. The summed E-state index contributed by atoms with van der Waals surface area (Å²) in [6, 6.07) is 1.73. The summed E-state index contributed by atoms with van der Waals surface area (Å²) in [4.78, 5) is 14.7. The first kappa shape index (κ1) is 9.98. The first-order chi connectivity index (χ1) is 6.13. The molecule has 0 unspecified atom stereocenters. The number of ether oxygens (including phenoxy) is 1.